The Labute approximate surface area is 61.8 Å². The largest absolute Gasteiger partial charge is 0.465 e. The Kier molecular flexibility index (Phi) is 6.18. The highest BCUT2D eigenvalue weighted by atomic mass is 16.5. The van der Waals surface area contributed by atoms with Gasteiger partial charge in [-0.2, -0.15) is 0 Å². The van der Waals surface area contributed by atoms with Gasteiger partial charge in [0.05, 0.1) is 13.2 Å². The van der Waals surface area contributed by atoms with Crippen molar-refractivity contribution in [2.45, 2.75) is 13.3 Å². The van der Waals surface area contributed by atoms with Crippen molar-refractivity contribution in [2.75, 3.05) is 19.7 Å². The van der Waals surface area contributed by atoms with Crippen molar-refractivity contribution in [3.05, 3.63) is 6.92 Å². The molecule has 0 bridgehead atoms. The van der Waals surface area contributed by atoms with E-state index >= 15 is 0 Å². The third-order valence-corrected chi connectivity index (χ3v) is 0.959. The van der Waals surface area contributed by atoms with Gasteiger partial charge in [-0.25, -0.2) is 0 Å². The van der Waals surface area contributed by atoms with E-state index in [-0.39, 0.29) is 12.6 Å². The molecule has 0 aromatic heterocycles. The molecule has 1 N–H and O–H groups in total. The summed E-state index contributed by atoms with van der Waals surface area (Å²) in [6.45, 7) is 6.79. The molecule has 3 heteroatoms. The summed E-state index contributed by atoms with van der Waals surface area (Å²) in [7, 11) is 0. The molecule has 0 spiro atoms. The second kappa shape index (κ2) is 6.55. The summed E-state index contributed by atoms with van der Waals surface area (Å²) in [4.78, 5) is 10.6. The van der Waals surface area contributed by atoms with Gasteiger partial charge in [0.25, 0.3) is 0 Å². The summed E-state index contributed by atoms with van der Waals surface area (Å²) in [5.74, 6) is -0.233. The molecule has 0 amide bonds. The molecule has 0 aliphatic rings. The molecule has 0 rings (SSSR count). The number of rotatable bonds is 5. The van der Waals surface area contributed by atoms with E-state index in [0.717, 1.165) is 13.0 Å². The topological polar surface area (TPSA) is 38.3 Å². The Morgan fingerprint density at radius 2 is 2.40 bits per heavy atom. The normalized spacial score (nSPS) is 9.40. The van der Waals surface area contributed by atoms with Crippen LogP contribution in [0.4, 0.5) is 0 Å². The molecule has 59 valence electrons. The maximum absolute atomic E-state index is 10.6. The lowest BCUT2D eigenvalue weighted by Crippen LogP contribution is -2.25. The second-order valence-corrected chi connectivity index (χ2v) is 1.90. The monoisotopic (exact) mass is 144 g/mol. The van der Waals surface area contributed by atoms with E-state index in [1.807, 2.05) is 6.92 Å². The average Bonchev–Trinajstić information content (AvgIpc) is 1.89. The summed E-state index contributed by atoms with van der Waals surface area (Å²) >= 11 is 0. The van der Waals surface area contributed by atoms with Crippen molar-refractivity contribution in [1.82, 2.24) is 5.32 Å². The van der Waals surface area contributed by atoms with Gasteiger partial charge in [-0.15, -0.1) is 0 Å². The van der Waals surface area contributed by atoms with E-state index in [9.17, 15) is 4.79 Å². The molecule has 0 aliphatic heterocycles. The number of hydrogen-bond donors (Lipinski definition) is 1. The fourth-order valence-corrected chi connectivity index (χ4v) is 0.532. The number of hydrogen-bond acceptors (Lipinski definition) is 3. The Bertz CT molecular complexity index is 93.6. The van der Waals surface area contributed by atoms with Crippen molar-refractivity contribution < 1.29 is 9.53 Å². The molecule has 0 atom stereocenters. The van der Waals surface area contributed by atoms with Crippen LogP contribution in [0.25, 0.3) is 0 Å². The third kappa shape index (κ3) is 5.56. The van der Waals surface area contributed by atoms with Gasteiger partial charge >= 0.3 is 5.97 Å². The van der Waals surface area contributed by atoms with Crippen LogP contribution in [0.2, 0.25) is 0 Å². The smallest absolute Gasteiger partial charge is 0.319 e. The Balaban J connectivity index is 3.05. The van der Waals surface area contributed by atoms with Gasteiger partial charge < -0.3 is 10.1 Å². The van der Waals surface area contributed by atoms with Crippen molar-refractivity contribution in [3.8, 4) is 0 Å². The van der Waals surface area contributed by atoms with Crippen LogP contribution in [0.3, 0.4) is 0 Å². The molecule has 10 heavy (non-hydrogen) atoms. The summed E-state index contributed by atoms with van der Waals surface area (Å²) in [6.07, 6.45) is 1.03. The van der Waals surface area contributed by atoms with E-state index in [2.05, 4.69) is 17.0 Å². The Morgan fingerprint density at radius 3 is 2.90 bits per heavy atom. The standard InChI is InChI=1S/C7H14NO2/c1-3-5-8-6-7(9)10-4-2/h8H,2-6H2,1H3. The molecule has 0 unspecified atom stereocenters. The van der Waals surface area contributed by atoms with Gasteiger partial charge in [-0.3, -0.25) is 4.79 Å². The first-order valence-corrected chi connectivity index (χ1v) is 3.46. The molecule has 0 heterocycles. The highest BCUT2D eigenvalue weighted by molar-refractivity contribution is 5.71. The second-order valence-electron chi connectivity index (χ2n) is 1.90. The molecule has 0 saturated heterocycles. The lowest BCUT2D eigenvalue weighted by molar-refractivity contribution is -0.141. The number of carbonyl (C=O) groups excluding carboxylic acids is 1. The van der Waals surface area contributed by atoms with Crippen molar-refractivity contribution in [1.29, 1.82) is 0 Å². The molecular weight excluding hydrogens is 130 g/mol. The minimum absolute atomic E-state index is 0.215. The highest BCUT2D eigenvalue weighted by Crippen LogP contribution is 1.75. The first kappa shape index (κ1) is 9.43. The van der Waals surface area contributed by atoms with Crippen LogP contribution in [-0.2, 0) is 9.53 Å². The first-order valence-electron chi connectivity index (χ1n) is 3.46. The number of carbonyl (C=O) groups is 1. The van der Waals surface area contributed by atoms with Gasteiger partial charge in [-0.1, -0.05) is 6.92 Å². The van der Waals surface area contributed by atoms with Crippen LogP contribution in [0.1, 0.15) is 13.3 Å². The molecule has 0 saturated carbocycles. The lowest BCUT2D eigenvalue weighted by atomic mass is 10.5. The van der Waals surface area contributed by atoms with Gasteiger partial charge in [0, 0.05) is 0 Å². The van der Waals surface area contributed by atoms with E-state index in [4.69, 9.17) is 0 Å². The zero-order valence-corrected chi connectivity index (χ0v) is 6.35. The molecule has 0 aliphatic carbocycles. The minimum atomic E-state index is -0.233. The van der Waals surface area contributed by atoms with Crippen molar-refractivity contribution >= 4 is 5.97 Å². The molecule has 0 fully saturated rings. The maximum atomic E-state index is 10.6. The van der Waals surface area contributed by atoms with E-state index < -0.39 is 0 Å². The summed E-state index contributed by atoms with van der Waals surface area (Å²) < 4.78 is 4.58. The SMILES string of the molecule is [CH2]COC(=O)CNCCC. The van der Waals surface area contributed by atoms with Crippen LogP contribution in [0, 0.1) is 6.92 Å². The molecule has 0 aromatic carbocycles. The van der Waals surface area contributed by atoms with E-state index in [1.165, 1.54) is 0 Å². The van der Waals surface area contributed by atoms with Crippen LogP contribution >= 0.6 is 0 Å². The van der Waals surface area contributed by atoms with Gasteiger partial charge in [0.1, 0.15) is 0 Å². The maximum Gasteiger partial charge on any atom is 0.319 e. The van der Waals surface area contributed by atoms with Gasteiger partial charge in [0.2, 0.25) is 0 Å². The average molecular weight is 144 g/mol. The Morgan fingerprint density at radius 1 is 1.70 bits per heavy atom. The van der Waals surface area contributed by atoms with Crippen LogP contribution in [-0.4, -0.2) is 25.7 Å². The van der Waals surface area contributed by atoms with Crippen molar-refractivity contribution in [3.63, 3.8) is 0 Å². The van der Waals surface area contributed by atoms with Crippen LogP contribution in [0.15, 0.2) is 0 Å². The van der Waals surface area contributed by atoms with Crippen LogP contribution in [0.5, 0.6) is 0 Å². The van der Waals surface area contributed by atoms with E-state index in [1.54, 1.807) is 0 Å². The number of ether oxygens (including phenoxy) is 1. The summed E-state index contributed by atoms with van der Waals surface area (Å²) in [6, 6.07) is 0. The van der Waals surface area contributed by atoms with Crippen molar-refractivity contribution in [2.24, 2.45) is 0 Å². The number of nitrogens with one attached hydrogen (secondary N) is 1. The number of esters is 1. The fraction of sp³-hybridized carbons (Fsp3) is 0.714. The molecular formula is C7H14NO2. The lowest BCUT2D eigenvalue weighted by Gasteiger charge is -2.01. The predicted molar refractivity (Wildman–Crippen MR) is 39.5 cm³/mol. The van der Waals surface area contributed by atoms with Crippen LogP contribution < -0.4 is 5.32 Å². The zero-order valence-electron chi connectivity index (χ0n) is 6.35. The summed E-state index contributed by atoms with van der Waals surface area (Å²) in [5, 5.41) is 2.92. The first-order chi connectivity index (χ1) is 4.81. The molecule has 0 aromatic rings. The summed E-state index contributed by atoms with van der Waals surface area (Å²) in [5.41, 5.74) is 0. The highest BCUT2D eigenvalue weighted by Gasteiger charge is 1.97. The fourth-order valence-electron chi connectivity index (χ4n) is 0.532. The van der Waals surface area contributed by atoms with Gasteiger partial charge in [0.15, 0.2) is 0 Å². The third-order valence-electron chi connectivity index (χ3n) is 0.959. The quantitative estimate of drug-likeness (QED) is 0.447. The van der Waals surface area contributed by atoms with E-state index in [0.29, 0.717) is 6.54 Å². The Hall–Kier alpha value is -0.570. The molecule has 3 nitrogen and oxygen atoms in total. The molecule has 1 radical (unpaired) electrons. The van der Waals surface area contributed by atoms with Gasteiger partial charge in [-0.05, 0) is 19.9 Å². The predicted octanol–water partition coefficient (Wildman–Crippen LogP) is 0.363. The zero-order chi connectivity index (χ0) is 7.82. The minimum Gasteiger partial charge on any atom is -0.465 e.